The van der Waals surface area contributed by atoms with Gasteiger partial charge in [-0.15, -0.1) is 0 Å². The van der Waals surface area contributed by atoms with E-state index in [1.807, 2.05) is 0 Å². The van der Waals surface area contributed by atoms with E-state index >= 15 is 0 Å². The Kier molecular flexibility index (Phi) is 3.43. The average molecular weight is 303 g/mol. The second-order valence-corrected chi connectivity index (χ2v) is 4.98. The van der Waals surface area contributed by atoms with Crippen LogP contribution in [0, 0.1) is 11.6 Å². The number of fused-ring (bicyclic) bond motifs is 1. The lowest BCUT2D eigenvalue weighted by Crippen LogP contribution is -2.06. The van der Waals surface area contributed by atoms with Gasteiger partial charge in [-0.25, -0.2) is 8.78 Å². The Morgan fingerprint density at radius 3 is 2.29 bits per heavy atom. The minimum Gasteiger partial charge on any atom is -0.288 e. The molecule has 3 aromatic rings. The molecule has 0 saturated carbocycles. The predicted molar refractivity (Wildman–Crippen MR) is 78.7 cm³/mol. The highest BCUT2D eigenvalue weighted by Crippen LogP contribution is 2.28. The maximum atomic E-state index is 13.8. The quantitative estimate of drug-likeness (QED) is 0.609. The molecule has 3 rings (SSSR count). The minimum atomic E-state index is -1.14. The number of carbonyl (C=O) groups excluding carboxylic acids is 1. The average Bonchev–Trinajstić information content (AvgIpc) is 2.50. The van der Waals surface area contributed by atoms with E-state index in [0.29, 0.717) is 21.4 Å². The van der Waals surface area contributed by atoms with Crippen LogP contribution >= 0.6 is 11.6 Å². The Bertz CT molecular complexity index is 859. The fraction of sp³-hybridized carbons (Fsp3) is 0. The summed E-state index contributed by atoms with van der Waals surface area (Å²) in [5.74, 6) is -2.75. The standard InChI is InChI=1S/C17H9ClF2O/c18-14-9-8-12(10-4-1-2-5-11(10)14)17(21)13-6-3-7-15(19)16(13)20/h1-9H. The monoisotopic (exact) mass is 302 g/mol. The van der Waals surface area contributed by atoms with Crippen LogP contribution in [-0.2, 0) is 0 Å². The van der Waals surface area contributed by atoms with Gasteiger partial charge in [0.1, 0.15) is 0 Å². The van der Waals surface area contributed by atoms with Crippen LogP contribution < -0.4 is 0 Å². The largest absolute Gasteiger partial charge is 0.288 e. The zero-order valence-corrected chi connectivity index (χ0v) is 11.5. The lowest BCUT2D eigenvalue weighted by molar-refractivity contribution is 0.103. The van der Waals surface area contributed by atoms with E-state index in [0.717, 1.165) is 6.07 Å². The van der Waals surface area contributed by atoms with E-state index < -0.39 is 17.4 Å². The second-order valence-electron chi connectivity index (χ2n) is 4.57. The molecule has 0 unspecified atom stereocenters. The highest BCUT2D eigenvalue weighted by Gasteiger charge is 2.19. The highest BCUT2D eigenvalue weighted by atomic mass is 35.5. The number of ketones is 1. The Labute approximate surface area is 124 Å². The number of rotatable bonds is 2. The molecule has 0 aromatic heterocycles. The van der Waals surface area contributed by atoms with Gasteiger partial charge in [-0.05, 0) is 29.7 Å². The van der Waals surface area contributed by atoms with Gasteiger partial charge in [0.2, 0.25) is 0 Å². The van der Waals surface area contributed by atoms with Gasteiger partial charge in [0.15, 0.2) is 17.4 Å². The van der Waals surface area contributed by atoms with Crippen LogP contribution in [0.2, 0.25) is 5.02 Å². The number of hydrogen-bond acceptors (Lipinski definition) is 1. The maximum absolute atomic E-state index is 13.8. The lowest BCUT2D eigenvalue weighted by atomic mass is 9.97. The van der Waals surface area contributed by atoms with Gasteiger partial charge in [0.05, 0.1) is 5.56 Å². The summed E-state index contributed by atoms with van der Waals surface area (Å²) in [6, 6.07) is 13.7. The molecule has 0 atom stereocenters. The van der Waals surface area contributed by atoms with Crippen molar-refractivity contribution in [2.45, 2.75) is 0 Å². The third kappa shape index (κ3) is 2.30. The molecular weight excluding hydrogens is 294 g/mol. The van der Waals surface area contributed by atoms with Gasteiger partial charge in [-0.3, -0.25) is 4.79 Å². The molecule has 0 spiro atoms. The van der Waals surface area contributed by atoms with E-state index in [2.05, 4.69) is 0 Å². The normalized spacial score (nSPS) is 10.8. The Morgan fingerprint density at radius 1 is 0.810 bits per heavy atom. The first kappa shape index (κ1) is 13.7. The molecule has 4 heteroatoms. The molecule has 0 radical (unpaired) electrons. The van der Waals surface area contributed by atoms with E-state index in [1.165, 1.54) is 18.2 Å². The molecule has 0 aliphatic rings. The van der Waals surface area contributed by atoms with Crippen molar-refractivity contribution in [3.63, 3.8) is 0 Å². The van der Waals surface area contributed by atoms with Crippen molar-refractivity contribution in [2.24, 2.45) is 0 Å². The molecule has 0 fully saturated rings. The number of carbonyl (C=O) groups is 1. The molecule has 0 bridgehead atoms. The van der Waals surface area contributed by atoms with Gasteiger partial charge in [-0.1, -0.05) is 41.9 Å². The summed E-state index contributed by atoms with van der Waals surface area (Å²) in [5.41, 5.74) is 0.00183. The number of benzene rings is 3. The fourth-order valence-corrected chi connectivity index (χ4v) is 2.51. The Hall–Kier alpha value is -2.26. The SMILES string of the molecule is O=C(c1cccc(F)c1F)c1ccc(Cl)c2ccccc12. The molecular formula is C17H9ClF2O. The summed E-state index contributed by atoms with van der Waals surface area (Å²) in [6.07, 6.45) is 0. The molecule has 0 saturated heterocycles. The molecule has 0 aliphatic heterocycles. The highest BCUT2D eigenvalue weighted by molar-refractivity contribution is 6.36. The van der Waals surface area contributed by atoms with E-state index in [9.17, 15) is 13.6 Å². The zero-order valence-electron chi connectivity index (χ0n) is 10.7. The molecule has 0 heterocycles. The van der Waals surface area contributed by atoms with Crippen molar-refractivity contribution in [1.82, 2.24) is 0 Å². The summed E-state index contributed by atoms with van der Waals surface area (Å²) in [6.45, 7) is 0. The van der Waals surface area contributed by atoms with Crippen LogP contribution in [-0.4, -0.2) is 5.78 Å². The third-order valence-electron chi connectivity index (χ3n) is 3.31. The molecule has 0 amide bonds. The molecule has 3 aromatic carbocycles. The van der Waals surface area contributed by atoms with Crippen molar-refractivity contribution in [3.05, 3.63) is 82.4 Å². The topological polar surface area (TPSA) is 17.1 Å². The van der Waals surface area contributed by atoms with Crippen molar-refractivity contribution >= 4 is 28.2 Å². The summed E-state index contributed by atoms with van der Waals surface area (Å²) in [4.78, 5) is 12.5. The Morgan fingerprint density at radius 2 is 1.52 bits per heavy atom. The van der Waals surface area contributed by atoms with Crippen LogP contribution in [0.15, 0.2) is 54.6 Å². The summed E-state index contributed by atoms with van der Waals surface area (Å²) < 4.78 is 27.1. The van der Waals surface area contributed by atoms with Crippen LogP contribution in [0.25, 0.3) is 10.8 Å². The van der Waals surface area contributed by atoms with Crippen LogP contribution in [0.5, 0.6) is 0 Å². The predicted octanol–water partition coefficient (Wildman–Crippen LogP) is 5.00. The van der Waals surface area contributed by atoms with Crippen LogP contribution in [0.4, 0.5) is 8.78 Å². The molecule has 104 valence electrons. The molecule has 21 heavy (non-hydrogen) atoms. The summed E-state index contributed by atoms with van der Waals surface area (Å²) >= 11 is 6.09. The van der Waals surface area contributed by atoms with Gasteiger partial charge in [0, 0.05) is 16.0 Å². The first-order valence-electron chi connectivity index (χ1n) is 6.25. The first-order valence-corrected chi connectivity index (χ1v) is 6.63. The molecule has 0 aliphatic carbocycles. The van der Waals surface area contributed by atoms with E-state index in [-0.39, 0.29) is 5.56 Å². The van der Waals surface area contributed by atoms with Gasteiger partial charge in [-0.2, -0.15) is 0 Å². The first-order chi connectivity index (χ1) is 10.1. The third-order valence-corrected chi connectivity index (χ3v) is 3.64. The minimum absolute atomic E-state index is 0.289. The van der Waals surface area contributed by atoms with Crippen molar-refractivity contribution in [3.8, 4) is 0 Å². The Balaban J connectivity index is 2.23. The maximum Gasteiger partial charge on any atom is 0.196 e. The van der Waals surface area contributed by atoms with Crippen molar-refractivity contribution in [1.29, 1.82) is 0 Å². The van der Waals surface area contributed by atoms with Crippen LogP contribution in [0.3, 0.4) is 0 Å². The molecule has 0 N–H and O–H groups in total. The summed E-state index contributed by atoms with van der Waals surface area (Å²) in [5, 5.41) is 1.81. The zero-order chi connectivity index (χ0) is 15.0. The van der Waals surface area contributed by atoms with Crippen LogP contribution in [0.1, 0.15) is 15.9 Å². The van der Waals surface area contributed by atoms with Crippen molar-refractivity contribution < 1.29 is 13.6 Å². The van der Waals surface area contributed by atoms with Gasteiger partial charge >= 0.3 is 0 Å². The lowest BCUT2D eigenvalue weighted by Gasteiger charge is -2.08. The number of halogens is 3. The van der Waals surface area contributed by atoms with E-state index in [4.69, 9.17) is 11.6 Å². The fourth-order valence-electron chi connectivity index (χ4n) is 2.28. The van der Waals surface area contributed by atoms with E-state index in [1.54, 1.807) is 30.3 Å². The molecule has 1 nitrogen and oxygen atoms in total. The van der Waals surface area contributed by atoms with Gasteiger partial charge in [0.25, 0.3) is 0 Å². The summed E-state index contributed by atoms with van der Waals surface area (Å²) in [7, 11) is 0. The van der Waals surface area contributed by atoms with Crippen molar-refractivity contribution in [2.75, 3.05) is 0 Å². The smallest absolute Gasteiger partial charge is 0.196 e. The van der Waals surface area contributed by atoms with Gasteiger partial charge < -0.3 is 0 Å². The number of hydrogen-bond donors (Lipinski definition) is 0. The second kappa shape index (κ2) is 5.26.